The summed E-state index contributed by atoms with van der Waals surface area (Å²) in [6.07, 6.45) is 0. The Morgan fingerprint density at radius 2 is 1.93 bits per heavy atom. The fraction of sp³-hybridized carbons (Fsp3) is 0.100. The van der Waals surface area contributed by atoms with Crippen molar-refractivity contribution in [3.05, 3.63) is 47.7 Å². The van der Waals surface area contributed by atoms with Crippen molar-refractivity contribution >= 4 is 11.3 Å². The molecule has 0 saturated heterocycles. The van der Waals surface area contributed by atoms with E-state index in [1.165, 1.54) is 10.4 Å². The smallest absolute Gasteiger partial charge is 0.693 e. The van der Waals surface area contributed by atoms with Crippen LogP contribution < -0.4 is 0 Å². The predicted octanol–water partition coefficient (Wildman–Crippen LogP) is 3.64. The molecule has 0 atom stereocenters. The van der Waals surface area contributed by atoms with Crippen LogP contribution in [-0.4, -0.2) is 4.98 Å². The standard InChI is InChI=1S/C10H8NS.H2N.U/c1-8-10(12-7-11-8)9-5-3-2-4-6-9;;/h3-7H,1H3;1H2;/q2*-1;+2. The van der Waals surface area contributed by atoms with Gasteiger partial charge in [-0.25, -0.2) is 4.98 Å². The first kappa shape index (κ1) is 13.9. The predicted molar refractivity (Wildman–Crippen MR) is 56.4 cm³/mol. The van der Waals surface area contributed by atoms with Crippen LogP contribution in [0.5, 0.6) is 0 Å². The maximum Gasteiger partial charge on any atom is 2.00 e. The number of hydrogen-bond donors (Lipinski definition) is 0. The molecule has 1 aromatic heterocycles. The van der Waals surface area contributed by atoms with Gasteiger partial charge in [-0.05, 0) is 6.92 Å². The SMILES string of the molecule is Cc1ncsc1-c1cc[c-]cc1.[NH2-].[U+2]. The van der Waals surface area contributed by atoms with Crippen LogP contribution in [0.25, 0.3) is 16.6 Å². The second kappa shape index (κ2) is 6.37. The minimum atomic E-state index is 0. The largest absolute Gasteiger partial charge is 2.00 e. The summed E-state index contributed by atoms with van der Waals surface area (Å²) >= 11 is 1.68. The Morgan fingerprint density at radius 1 is 1.29 bits per heavy atom. The molecule has 70 valence electrons. The number of nitrogens with two attached hydrogens (primary N) is 1. The van der Waals surface area contributed by atoms with E-state index in [1.807, 2.05) is 24.6 Å². The number of aromatic nitrogens is 1. The van der Waals surface area contributed by atoms with E-state index in [1.54, 1.807) is 11.3 Å². The molecule has 2 rings (SSSR count). The van der Waals surface area contributed by atoms with Crippen molar-refractivity contribution in [2.75, 3.05) is 0 Å². The van der Waals surface area contributed by atoms with Crippen LogP contribution in [0.15, 0.2) is 29.8 Å². The van der Waals surface area contributed by atoms with Gasteiger partial charge in [0.2, 0.25) is 0 Å². The molecule has 0 aliphatic carbocycles. The van der Waals surface area contributed by atoms with Crippen LogP contribution in [0.2, 0.25) is 0 Å². The van der Waals surface area contributed by atoms with Crippen molar-refractivity contribution in [1.29, 1.82) is 0 Å². The third-order valence-corrected chi connectivity index (χ3v) is 2.70. The van der Waals surface area contributed by atoms with Crippen molar-refractivity contribution in [2.24, 2.45) is 0 Å². The number of benzene rings is 1. The van der Waals surface area contributed by atoms with E-state index >= 15 is 0 Å². The monoisotopic (exact) mass is 428 g/mol. The third-order valence-electron chi connectivity index (χ3n) is 1.73. The average Bonchev–Trinajstić information content (AvgIpc) is 2.53. The second-order valence-electron chi connectivity index (χ2n) is 2.56. The van der Waals surface area contributed by atoms with Crippen LogP contribution in [0.1, 0.15) is 5.69 Å². The fourth-order valence-electron chi connectivity index (χ4n) is 1.12. The van der Waals surface area contributed by atoms with Gasteiger partial charge in [0.15, 0.2) is 0 Å². The van der Waals surface area contributed by atoms with Gasteiger partial charge in [0.25, 0.3) is 0 Å². The third kappa shape index (κ3) is 2.93. The van der Waals surface area contributed by atoms with Gasteiger partial charge in [-0.2, -0.15) is 30.3 Å². The van der Waals surface area contributed by atoms with Crippen LogP contribution in [0.3, 0.4) is 0 Å². The molecule has 2 nitrogen and oxygen atoms in total. The summed E-state index contributed by atoms with van der Waals surface area (Å²) < 4.78 is 0. The van der Waals surface area contributed by atoms with Gasteiger partial charge in [0, 0.05) is 4.88 Å². The van der Waals surface area contributed by atoms with E-state index in [4.69, 9.17) is 0 Å². The second-order valence-corrected chi connectivity index (χ2v) is 3.41. The number of hydrogen-bond acceptors (Lipinski definition) is 2. The van der Waals surface area contributed by atoms with Crippen LogP contribution in [0.4, 0.5) is 0 Å². The molecular weight excluding hydrogens is 418 g/mol. The molecule has 1 aromatic carbocycles. The van der Waals surface area contributed by atoms with Gasteiger partial charge < -0.3 is 6.15 Å². The summed E-state index contributed by atoms with van der Waals surface area (Å²) in [5.74, 6) is 0. The zero-order chi connectivity index (χ0) is 8.39. The zero-order valence-corrected chi connectivity index (χ0v) is 12.8. The molecule has 2 N–H and O–H groups in total. The summed E-state index contributed by atoms with van der Waals surface area (Å²) in [6.45, 7) is 2.03. The first-order valence-corrected chi connectivity index (χ1v) is 4.62. The van der Waals surface area contributed by atoms with Crippen molar-refractivity contribution < 1.29 is 31.1 Å². The molecule has 0 radical (unpaired) electrons. The number of aryl methyl sites for hydroxylation is 1. The summed E-state index contributed by atoms with van der Waals surface area (Å²) in [4.78, 5) is 5.46. The summed E-state index contributed by atoms with van der Waals surface area (Å²) in [5.41, 5.74) is 4.21. The van der Waals surface area contributed by atoms with E-state index in [0.717, 1.165) is 5.69 Å². The summed E-state index contributed by atoms with van der Waals surface area (Å²) in [7, 11) is 0. The van der Waals surface area contributed by atoms with E-state index < -0.39 is 0 Å². The molecule has 2 aromatic rings. The van der Waals surface area contributed by atoms with Gasteiger partial charge in [-0.3, -0.25) is 0 Å². The number of rotatable bonds is 1. The molecular formula is C10H10N2SU. The topological polar surface area (TPSA) is 46.4 Å². The number of nitrogens with zero attached hydrogens (tertiary/aromatic N) is 1. The minimum Gasteiger partial charge on any atom is -0.693 e. The first-order chi connectivity index (χ1) is 5.88. The quantitative estimate of drug-likeness (QED) is 0.640. The molecule has 0 aliphatic heterocycles. The average molecular weight is 428 g/mol. The van der Waals surface area contributed by atoms with Gasteiger partial charge in [-0.1, -0.05) is 0 Å². The van der Waals surface area contributed by atoms with Gasteiger partial charge in [0.05, 0.1) is 11.2 Å². The first-order valence-electron chi connectivity index (χ1n) is 3.74. The summed E-state index contributed by atoms with van der Waals surface area (Å²) in [5, 5.41) is 0. The maximum absolute atomic E-state index is 4.20. The molecule has 0 unspecified atom stereocenters. The molecule has 14 heavy (non-hydrogen) atoms. The number of thiazole rings is 1. The fourth-order valence-corrected chi connectivity index (χ4v) is 1.93. The Hall–Kier alpha value is -0.138. The molecule has 0 bridgehead atoms. The molecule has 0 aliphatic rings. The van der Waals surface area contributed by atoms with Gasteiger partial charge >= 0.3 is 31.1 Å². The van der Waals surface area contributed by atoms with Crippen molar-refractivity contribution in [2.45, 2.75) is 6.92 Å². The van der Waals surface area contributed by atoms with E-state index in [-0.39, 0.29) is 37.3 Å². The Bertz CT molecular complexity index is 373. The van der Waals surface area contributed by atoms with Crippen LogP contribution >= 0.6 is 11.3 Å². The molecule has 0 amide bonds. The molecule has 1 heterocycles. The Kier molecular flexibility index (Phi) is 6.30. The molecule has 0 spiro atoms. The molecule has 4 heteroatoms. The zero-order valence-electron chi connectivity index (χ0n) is 7.82. The minimum absolute atomic E-state index is 0. The van der Waals surface area contributed by atoms with Gasteiger partial charge in [-0.15, -0.1) is 16.9 Å². The molecule has 0 saturated carbocycles. The van der Waals surface area contributed by atoms with Crippen molar-refractivity contribution in [1.82, 2.24) is 4.98 Å². The summed E-state index contributed by atoms with van der Waals surface area (Å²) in [6, 6.07) is 11.0. The van der Waals surface area contributed by atoms with Crippen molar-refractivity contribution in [3.8, 4) is 10.4 Å². The Morgan fingerprint density at radius 3 is 2.43 bits per heavy atom. The molecule has 0 fully saturated rings. The van der Waals surface area contributed by atoms with Crippen LogP contribution in [-0.2, 0) is 0 Å². The van der Waals surface area contributed by atoms with E-state index in [9.17, 15) is 0 Å². The Labute approximate surface area is 112 Å². The van der Waals surface area contributed by atoms with E-state index in [2.05, 4.69) is 23.2 Å². The van der Waals surface area contributed by atoms with Crippen LogP contribution in [0, 0.1) is 44.1 Å². The maximum atomic E-state index is 4.20. The Balaban J connectivity index is 0.000000845. The van der Waals surface area contributed by atoms with Crippen molar-refractivity contribution in [3.63, 3.8) is 0 Å². The normalized spacial score (nSPS) is 8.64. The van der Waals surface area contributed by atoms with E-state index in [0.29, 0.717) is 0 Å². The van der Waals surface area contributed by atoms with Gasteiger partial charge in [0.1, 0.15) is 0 Å².